The van der Waals surface area contributed by atoms with Crippen LogP contribution in [0.15, 0.2) is 0 Å². The van der Waals surface area contributed by atoms with Crippen LogP contribution in [0.3, 0.4) is 0 Å². The molecule has 15 heavy (non-hydrogen) atoms. The van der Waals surface area contributed by atoms with Crippen LogP contribution in [0, 0.1) is 0 Å². The molecule has 0 N–H and O–H groups in total. The average Bonchev–Trinajstić information content (AvgIpc) is 1.77. The van der Waals surface area contributed by atoms with E-state index in [4.69, 9.17) is 0 Å². The molecule has 0 amide bonds. The van der Waals surface area contributed by atoms with Gasteiger partial charge in [0.2, 0.25) is 0 Å². The van der Waals surface area contributed by atoms with E-state index in [1.54, 1.807) is 0 Å². The number of rotatable bonds is 4. The molecule has 0 aliphatic heterocycles. The van der Waals surface area contributed by atoms with E-state index < -0.39 is 37.7 Å². The topological polar surface area (TPSA) is 0 Å². The molecule has 0 radical (unpaired) electrons. The van der Waals surface area contributed by atoms with Crippen molar-refractivity contribution in [3.63, 3.8) is 0 Å². The van der Waals surface area contributed by atoms with E-state index in [0.29, 0.717) is 0 Å². The van der Waals surface area contributed by atoms with Gasteiger partial charge in [-0.3, -0.25) is 0 Å². The van der Waals surface area contributed by atoms with Crippen molar-refractivity contribution in [1.29, 1.82) is 0 Å². The van der Waals surface area contributed by atoms with Gasteiger partial charge in [0.05, 0.1) is 0 Å². The lowest BCUT2D eigenvalue weighted by atomic mass is 11.5. The maximum absolute atomic E-state index is 13.5. The van der Waals surface area contributed by atoms with Gasteiger partial charge in [-0.1, -0.05) is 39.3 Å². The molecular weight excluding hydrogens is 260 g/mol. The van der Waals surface area contributed by atoms with E-state index in [0.717, 1.165) is 0 Å². The highest BCUT2D eigenvalue weighted by Crippen LogP contribution is 2.50. The second-order valence-electron chi connectivity index (χ2n) is 5.64. The van der Waals surface area contributed by atoms with Gasteiger partial charge in [-0.05, 0) is 11.8 Å². The Morgan fingerprint density at radius 2 is 0.867 bits per heavy atom. The number of hydrogen-bond donors (Lipinski definition) is 0. The van der Waals surface area contributed by atoms with Crippen LogP contribution in [0.4, 0.5) is 17.6 Å². The second-order valence-corrected chi connectivity index (χ2v) is 17.8. The molecule has 7 heteroatoms. The van der Waals surface area contributed by atoms with Crippen molar-refractivity contribution < 1.29 is 17.6 Å². The summed E-state index contributed by atoms with van der Waals surface area (Å²) in [5.74, 6) is 0. The van der Waals surface area contributed by atoms with Gasteiger partial charge in [0.15, 0.2) is 0 Å². The van der Waals surface area contributed by atoms with Gasteiger partial charge in [-0.25, -0.2) is 0 Å². The van der Waals surface area contributed by atoms with Crippen LogP contribution < -0.4 is 0 Å². The van der Waals surface area contributed by atoms with Gasteiger partial charge in [-0.15, -0.1) is 0 Å². The highest BCUT2D eigenvalue weighted by molar-refractivity contribution is 8.04. The Morgan fingerprint density at radius 1 is 0.667 bits per heavy atom. The van der Waals surface area contributed by atoms with Gasteiger partial charge >= 0.3 is 0 Å². The Balaban J connectivity index is 4.89. The predicted molar refractivity (Wildman–Crippen MR) is 64.2 cm³/mol. The van der Waals surface area contributed by atoms with Gasteiger partial charge in [0, 0.05) is 0 Å². The fraction of sp³-hybridized carbons (Fsp3) is 1.00. The summed E-state index contributed by atoms with van der Waals surface area (Å²) in [6, 6.07) is 0. The molecule has 0 aromatic carbocycles. The first-order valence-electron chi connectivity index (χ1n) is 4.66. The van der Waals surface area contributed by atoms with E-state index >= 15 is 0 Å². The predicted octanol–water partition coefficient (Wildman–Crippen LogP) is 4.66. The quantitative estimate of drug-likeness (QED) is 0.532. The number of hydrogen-bond acceptors (Lipinski definition) is 1. The second kappa shape index (κ2) is 4.07. The van der Waals surface area contributed by atoms with Crippen molar-refractivity contribution in [3.8, 4) is 0 Å². The van der Waals surface area contributed by atoms with Crippen molar-refractivity contribution in [2.75, 3.05) is 0 Å². The minimum Gasteiger partial charge on any atom is -0.200 e. The fourth-order valence-electron chi connectivity index (χ4n) is 0.467. The fourth-order valence-corrected chi connectivity index (χ4v) is 4.31. The average molecular weight is 278 g/mol. The highest BCUT2D eigenvalue weighted by atomic mass is 32.2. The van der Waals surface area contributed by atoms with E-state index in [9.17, 15) is 17.6 Å². The van der Waals surface area contributed by atoms with Crippen molar-refractivity contribution in [2.45, 2.75) is 49.0 Å². The van der Waals surface area contributed by atoms with Crippen molar-refractivity contribution >= 4 is 27.9 Å². The zero-order valence-corrected chi connectivity index (χ0v) is 12.7. The lowest BCUT2D eigenvalue weighted by Crippen LogP contribution is -2.50. The summed E-state index contributed by atoms with van der Waals surface area (Å²) in [7, 11) is -5.80. The minimum atomic E-state index is -3.28. The van der Waals surface area contributed by atoms with Crippen LogP contribution in [0.25, 0.3) is 0 Å². The van der Waals surface area contributed by atoms with Crippen LogP contribution in [-0.2, 0) is 0 Å². The molecule has 0 unspecified atom stereocenters. The lowest BCUT2D eigenvalue weighted by Gasteiger charge is -2.35. The molecule has 0 aliphatic carbocycles. The Bertz CT molecular complexity index is 206. The molecule has 0 aromatic heterocycles. The molecular formula is C8H18F4SSi2. The van der Waals surface area contributed by atoms with Gasteiger partial charge in [-0.2, -0.15) is 17.6 Å². The van der Waals surface area contributed by atoms with Crippen molar-refractivity contribution in [3.05, 3.63) is 0 Å². The zero-order chi connectivity index (χ0) is 12.7. The first-order chi connectivity index (χ1) is 6.21. The summed E-state index contributed by atoms with van der Waals surface area (Å²) < 4.78 is 54.1. The Hall–Kier alpha value is 0.504. The smallest absolute Gasteiger partial charge is 0.200 e. The largest absolute Gasteiger partial charge is 0.277 e. The van der Waals surface area contributed by atoms with E-state index in [1.165, 1.54) is 39.3 Å². The normalized spacial score (nSPS) is 15.6. The Kier molecular flexibility index (Phi) is 4.20. The minimum absolute atomic E-state index is 0.425. The zero-order valence-electron chi connectivity index (χ0n) is 9.92. The highest BCUT2D eigenvalue weighted by Gasteiger charge is 2.57. The molecule has 0 heterocycles. The summed E-state index contributed by atoms with van der Waals surface area (Å²) in [4.78, 5) is -6.56. The van der Waals surface area contributed by atoms with Gasteiger partial charge < -0.3 is 0 Å². The molecule has 0 aromatic rings. The molecule has 0 fully saturated rings. The third-order valence-electron chi connectivity index (χ3n) is 2.00. The molecule has 0 aliphatic rings. The van der Waals surface area contributed by atoms with Crippen LogP contribution in [0.2, 0.25) is 39.3 Å². The maximum atomic E-state index is 13.5. The molecule has 0 saturated heterocycles. The standard InChI is InChI=1S/C8H18F4SSi2/c1-14(2,3)7(9,10)13-8(11,12)15(4,5)6/h1-6H3. The van der Waals surface area contributed by atoms with Crippen molar-refractivity contribution in [1.82, 2.24) is 0 Å². The van der Waals surface area contributed by atoms with E-state index in [2.05, 4.69) is 0 Å². The first-order valence-corrected chi connectivity index (χ1v) is 12.5. The van der Waals surface area contributed by atoms with Crippen LogP contribution in [0.1, 0.15) is 0 Å². The summed E-state index contributed by atoms with van der Waals surface area (Å²) >= 11 is -0.425. The Morgan fingerprint density at radius 3 is 1.00 bits per heavy atom. The SMILES string of the molecule is C[Si](C)(C)C(F)(F)SC(F)(F)[Si](C)(C)C. The monoisotopic (exact) mass is 278 g/mol. The summed E-state index contributed by atoms with van der Waals surface area (Å²) in [6.45, 7) is 8.42. The van der Waals surface area contributed by atoms with Gasteiger partial charge in [0.1, 0.15) is 16.1 Å². The number of halogens is 4. The third-order valence-corrected chi connectivity index (χ3v) is 10.3. The first kappa shape index (κ1) is 15.5. The van der Waals surface area contributed by atoms with E-state index in [-0.39, 0.29) is 0 Å². The molecule has 92 valence electrons. The number of alkyl halides is 4. The molecule has 0 bridgehead atoms. The molecule has 0 rings (SSSR count). The Labute approximate surface area is 94.8 Å². The molecule has 0 nitrogen and oxygen atoms in total. The van der Waals surface area contributed by atoms with Crippen LogP contribution >= 0.6 is 11.8 Å². The summed E-state index contributed by atoms with van der Waals surface area (Å²) in [6.07, 6.45) is 0. The number of thioether (sulfide) groups is 1. The third kappa shape index (κ3) is 3.78. The maximum Gasteiger partial charge on any atom is 0.277 e. The van der Waals surface area contributed by atoms with Gasteiger partial charge in [0.25, 0.3) is 9.76 Å². The van der Waals surface area contributed by atoms with Crippen LogP contribution in [0.5, 0.6) is 0 Å². The molecule has 0 saturated carbocycles. The van der Waals surface area contributed by atoms with Crippen molar-refractivity contribution in [2.24, 2.45) is 0 Å². The molecule has 0 atom stereocenters. The summed E-state index contributed by atoms with van der Waals surface area (Å²) in [5.41, 5.74) is 0. The van der Waals surface area contributed by atoms with E-state index in [1.807, 2.05) is 0 Å². The summed E-state index contributed by atoms with van der Waals surface area (Å²) in [5, 5.41) is 0. The lowest BCUT2D eigenvalue weighted by molar-refractivity contribution is 0.151. The van der Waals surface area contributed by atoms with Crippen LogP contribution in [-0.4, -0.2) is 25.9 Å². The molecule has 0 spiro atoms.